The van der Waals surface area contributed by atoms with E-state index in [1.165, 1.54) is 0 Å². The molecule has 1 aromatic rings. The van der Waals surface area contributed by atoms with Gasteiger partial charge in [0.1, 0.15) is 0 Å². The van der Waals surface area contributed by atoms with Gasteiger partial charge in [0.2, 0.25) is 0 Å². The maximum atomic E-state index is 11.9. The Balaban J connectivity index is 0.00000289. The highest BCUT2D eigenvalue weighted by Gasteiger charge is 2.05. The summed E-state index contributed by atoms with van der Waals surface area (Å²) in [7, 11) is 4.07. The summed E-state index contributed by atoms with van der Waals surface area (Å²) in [6, 6.07) is 5.92. The highest BCUT2D eigenvalue weighted by Crippen LogP contribution is 2.08. The Labute approximate surface area is 116 Å². The predicted octanol–water partition coefficient (Wildman–Crippen LogP) is 2.41. The topological polar surface area (TPSA) is 32.3 Å². The van der Waals surface area contributed by atoms with Crippen molar-refractivity contribution in [3.63, 3.8) is 0 Å². The number of nitrogens with zero attached hydrogens (tertiary/aromatic N) is 1. The minimum Gasteiger partial charge on any atom is -0.352 e. The van der Waals surface area contributed by atoms with Crippen molar-refractivity contribution in [1.82, 2.24) is 10.2 Å². The zero-order valence-electron chi connectivity index (χ0n) is 11.6. The molecule has 0 atom stereocenters. The second-order valence-corrected chi connectivity index (χ2v) is 4.79. The second kappa shape index (κ2) is 8.11. The molecule has 0 spiro atoms. The molecule has 102 valence electrons. The van der Waals surface area contributed by atoms with E-state index >= 15 is 0 Å². The number of carbonyl (C=O) groups is 1. The molecule has 4 heteroatoms. The second-order valence-electron chi connectivity index (χ2n) is 4.79. The molecule has 0 aromatic heterocycles. The van der Waals surface area contributed by atoms with Gasteiger partial charge in [-0.25, -0.2) is 0 Å². The van der Waals surface area contributed by atoms with E-state index in [1.54, 1.807) is 0 Å². The Morgan fingerprint density at radius 3 is 2.22 bits per heavy atom. The van der Waals surface area contributed by atoms with Crippen molar-refractivity contribution in [3.05, 3.63) is 34.9 Å². The van der Waals surface area contributed by atoms with Crippen LogP contribution in [-0.4, -0.2) is 38.0 Å². The lowest BCUT2D eigenvalue weighted by Gasteiger charge is -2.10. The van der Waals surface area contributed by atoms with E-state index < -0.39 is 0 Å². The highest BCUT2D eigenvalue weighted by molar-refractivity contribution is 5.94. The van der Waals surface area contributed by atoms with E-state index in [-0.39, 0.29) is 18.3 Å². The summed E-state index contributed by atoms with van der Waals surface area (Å²) in [6.07, 6.45) is 0.976. The van der Waals surface area contributed by atoms with E-state index in [0.717, 1.165) is 36.2 Å². The molecule has 3 nitrogen and oxygen atoms in total. The Hall–Kier alpha value is -1.06. The minimum atomic E-state index is 0. The standard InChI is InChI=1S/C14H22N2O.ClH/c1-11-8-12(2)10-13(9-11)14(17)15-6-5-7-16(3)4;/h8-10H,5-7H2,1-4H3,(H,15,17);1H. The first-order valence-electron chi connectivity index (χ1n) is 6.00. The Morgan fingerprint density at radius 2 is 1.72 bits per heavy atom. The van der Waals surface area contributed by atoms with Gasteiger partial charge < -0.3 is 10.2 Å². The molecule has 0 aliphatic rings. The van der Waals surface area contributed by atoms with Crippen molar-refractivity contribution in [1.29, 1.82) is 0 Å². The molecule has 0 bridgehead atoms. The first-order valence-corrected chi connectivity index (χ1v) is 6.00. The first-order chi connectivity index (χ1) is 7.99. The lowest BCUT2D eigenvalue weighted by atomic mass is 10.1. The number of benzene rings is 1. The van der Waals surface area contributed by atoms with Crippen LogP contribution < -0.4 is 5.32 Å². The molecule has 0 radical (unpaired) electrons. The fourth-order valence-electron chi connectivity index (χ4n) is 1.81. The van der Waals surface area contributed by atoms with Gasteiger partial charge in [-0.2, -0.15) is 0 Å². The number of aryl methyl sites for hydroxylation is 2. The van der Waals surface area contributed by atoms with Crippen LogP contribution in [-0.2, 0) is 0 Å². The van der Waals surface area contributed by atoms with Crippen LogP contribution in [0, 0.1) is 13.8 Å². The third kappa shape index (κ3) is 6.03. The smallest absolute Gasteiger partial charge is 0.251 e. The van der Waals surface area contributed by atoms with E-state index in [1.807, 2.05) is 40.1 Å². The van der Waals surface area contributed by atoms with E-state index in [2.05, 4.69) is 16.3 Å². The Bertz CT molecular complexity index is 371. The normalized spacial score (nSPS) is 10.1. The van der Waals surface area contributed by atoms with Crippen molar-refractivity contribution >= 4 is 18.3 Å². The number of rotatable bonds is 5. The van der Waals surface area contributed by atoms with Crippen LogP contribution in [0.15, 0.2) is 18.2 Å². The molecule has 0 fully saturated rings. The van der Waals surface area contributed by atoms with Gasteiger partial charge in [-0.05, 0) is 53.0 Å². The molecule has 18 heavy (non-hydrogen) atoms. The molecule has 0 saturated carbocycles. The molecule has 0 aliphatic carbocycles. The highest BCUT2D eigenvalue weighted by atomic mass is 35.5. The molecular weight excluding hydrogens is 248 g/mol. The number of nitrogens with one attached hydrogen (secondary N) is 1. The van der Waals surface area contributed by atoms with Crippen molar-refractivity contribution in [3.8, 4) is 0 Å². The molecule has 1 aromatic carbocycles. The summed E-state index contributed by atoms with van der Waals surface area (Å²) in [5, 5.41) is 2.94. The molecule has 0 saturated heterocycles. The predicted molar refractivity (Wildman–Crippen MR) is 78.7 cm³/mol. The zero-order chi connectivity index (χ0) is 12.8. The third-order valence-electron chi connectivity index (χ3n) is 2.55. The third-order valence-corrected chi connectivity index (χ3v) is 2.55. The number of halogens is 1. The number of amides is 1. The van der Waals surface area contributed by atoms with Gasteiger partial charge in [-0.3, -0.25) is 4.79 Å². The number of carbonyl (C=O) groups excluding carboxylic acids is 1. The van der Waals surface area contributed by atoms with Crippen LogP contribution in [0.5, 0.6) is 0 Å². The van der Waals surface area contributed by atoms with Crippen molar-refractivity contribution in [2.24, 2.45) is 0 Å². The quantitative estimate of drug-likeness (QED) is 0.834. The summed E-state index contributed by atoms with van der Waals surface area (Å²) < 4.78 is 0. The summed E-state index contributed by atoms with van der Waals surface area (Å²) in [6.45, 7) is 5.74. The monoisotopic (exact) mass is 270 g/mol. The van der Waals surface area contributed by atoms with E-state index in [0.29, 0.717) is 0 Å². The van der Waals surface area contributed by atoms with Crippen LogP contribution in [0.2, 0.25) is 0 Å². The van der Waals surface area contributed by atoms with Crippen LogP contribution in [0.1, 0.15) is 27.9 Å². The molecule has 0 unspecified atom stereocenters. The van der Waals surface area contributed by atoms with Gasteiger partial charge in [0, 0.05) is 12.1 Å². The Morgan fingerprint density at radius 1 is 1.17 bits per heavy atom. The van der Waals surface area contributed by atoms with Gasteiger partial charge in [0.05, 0.1) is 0 Å². The average Bonchev–Trinajstić information content (AvgIpc) is 2.22. The van der Waals surface area contributed by atoms with Crippen LogP contribution in [0.25, 0.3) is 0 Å². The number of hydrogen-bond acceptors (Lipinski definition) is 2. The van der Waals surface area contributed by atoms with Gasteiger partial charge >= 0.3 is 0 Å². The van der Waals surface area contributed by atoms with Crippen LogP contribution in [0.3, 0.4) is 0 Å². The Kier molecular flexibility index (Phi) is 7.64. The number of hydrogen-bond donors (Lipinski definition) is 1. The first kappa shape index (κ1) is 16.9. The average molecular weight is 271 g/mol. The van der Waals surface area contributed by atoms with E-state index in [4.69, 9.17) is 0 Å². The fraction of sp³-hybridized carbons (Fsp3) is 0.500. The molecular formula is C14H23ClN2O. The van der Waals surface area contributed by atoms with Gasteiger partial charge in [-0.15, -0.1) is 12.4 Å². The summed E-state index contributed by atoms with van der Waals surface area (Å²) in [5.41, 5.74) is 3.01. The lowest BCUT2D eigenvalue weighted by molar-refractivity contribution is 0.0952. The molecule has 1 N–H and O–H groups in total. The van der Waals surface area contributed by atoms with E-state index in [9.17, 15) is 4.79 Å². The molecule has 1 amide bonds. The van der Waals surface area contributed by atoms with Crippen molar-refractivity contribution in [2.45, 2.75) is 20.3 Å². The molecule has 1 rings (SSSR count). The zero-order valence-corrected chi connectivity index (χ0v) is 12.4. The largest absolute Gasteiger partial charge is 0.352 e. The maximum Gasteiger partial charge on any atom is 0.251 e. The van der Waals surface area contributed by atoms with Crippen molar-refractivity contribution < 1.29 is 4.79 Å². The fourth-order valence-corrected chi connectivity index (χ4v) is 1.81. The lowest BCUT2D eigenvalue weighted by Crippen LogP contribution is -2.27. The van der Waals surface area contributed by atoms with Gasteiger partial charge in [-0.1, -0.05) is 17.2 Å². The summed E-state index contributed by atoms with van der Waals surface area (Å²) >= 11 is 0. The van der Waals surface area contributed by atoms with Gasteiger partial charge in [0.15, 0.2) is 0 Å². The summed E-state index contributed by atoms with van der Waals surface area (Å²) in [5.74, 6) is 0.0237. The SMILES string of the molecule is Cc1cc(C)cc(C(=O)NCCCN(C)C)c1.Cl. The van der Waals surface area contributed by atoms with Crippen LogP contribution >= 0.6 is 12.4 Å². The molecule has 0 aliphatic heterocycles. The summed E-state index contributed by atoms with van der Waals surface area (Å²) in [4.78, 5) is 14.0. The maximum absolute atomic E-state index is 11.9. The minimum absolute atomic E-state index is 0. The van der Waals surface area contributed by atoms with Crippen LogP contribution in [0.4, 0.5) is 0 Å². The molecule has 0 heterocycles. The van der Waals surface area contributed by atoms with Crippen molar-refractivity contribution in [2.75, 3.05) is 27.2 Å². The van der Waals surface area contributed by atoms with Gasteiger partial charge in [0.25, 0.3) is 5.91 Å².